The highest BCUT2D eigenvalue weighted by molar-refractivity contribution is 7.84. The number of carbonyl (C=O) groups is 1. The normalized spacial score (nSPS) is 18.3. The molecule has 7 heteroatoms. The summed E-state index contributed by atoms with van der Waals surface area (Å²) in [5.74, 6) is -1.85. The van der Waals surface area contributed by atoms with Crippen molar-refractivity contribution >= 4 is 17.0 Å². The molecule has 4 nitrogen and oxygen atoms in total. The highest BCUT2D eigenvalue weighted by Crippen LogP contribution is 2.39. The van der Waals surface area contributed by atoms with E-state index in [2.05, 4.69) is 4.72 Å². The van der Waals surface area contributed by atoms with E-state index in [4.69, 9.17) is 4.74 Å². The number of hydrogen-bond donors (Lipinski definition) is 1. The van der Waals surface area contributed by atoms with Crippen molar-refractivity contribution < 1.29 is 22.5 Å². The van der Waals surface area contributed by atoms with Crippen molar-refractivity contribution in [2.75, 3.05) is 6.61 Å². The number of nitrogens with one attached hydrogen (secondary N) is 1. The van der Waals surface area contributed by atoms with E-state index >= 15 is 4.39 Å². The summed E-state index contributed by atoms with van der Waals surface area (Å²) in [6.07, 6.45) is 0. The summed E-state index contributed by atoms with van der Waals surface area (Å²) in [7, 11) is -1.75. The van der Waals surface area contributed by atoms with E-state index in [9.17, 15) is 13.4 Å². The van der Waals surface area contributed by atoms with Crippen LogP contribution in [0.4, 0.5) is 8.78 Å². The fraction of sp³-hybridized carbons (Fsp3) is 0.588. The SMILES string of the molecule is CCOC(=O)[C@](C)(F)[C@](C)(N[S@@](=O)C(C)(C)C)c1ccccc1F. The predicted molar refractivity (Wildman–Crippen MR) is 90.9 cm³/mol. The Morgan fingerprint density at radius 2 is 1.75 bits per heavy atom. The Labute approximate surface area is 144 Å². The number of halogens is 2. The fourth-order valence-electron chi connectivity index (χ4n) is 2.08. The molecular formula is C17H25F2NO3S. The van der Waals surface area contributed by atoms with Gasteiger partial charge in [0, 0.05) is 5.56 Å². The van der Waals surface area contributed by atoms with E-state index in [1.54, 1.807) is 27.7 Å². The first-order chi connectivity index (χ1) is 10.9. The lowest BCUT2D eigenvalue weighted by molar-refractivity contribution is -0.161. The molecule has 136 valence electrons. The second-order valence-corrected chi connectivity index (χ2v) is 8.78. The summed E-state index contributed by atoms with van der Waals surface area (Å²) < 4.78 is 49.1. The number of carbonyl (C=O) groups excluding carboxylic acids is 1. The van der Waals surface area contributed by atoms with E-state index in [-0.39, 0.29) is 12.2 Å². The Morgan fingerprint density at radius 3 is 2.21 bits per heavy atom. The van der Waals surface area contributed by atoms with Crippen LogP contribution in [0.2, 0.25) is 0 Å². The molecule has 0 heterocycles. The Balaban J connectivity index is 3.50. The minimum Gasteiger partial charge on any atom is -0.464 e. The predicted octanol–water partition coefficient (Wildman–Crippen LogP) is 3.38. The molecule has 1 aromatic rings. The Hall–Kier alpha value is -1.34. The largest absolute Gasteiger partial charge is 0.464 e. The molecule has 0 aliphatic carbocycles. The van der Waals surface area contributed by atoms with Gasteiger partial charge in [-0.2, -0.15) is 0 Å². The first kappa shape index (κ1) is 20.7. The van der Waals surface area contributed by atoms with Crippen LogP contribution in [-0.4, -0.2) is 27.2 Å². The van der Waals surface area contributed by atoms with Crippen LogP contribution in [0.25, 0.3) is 0 Å². The number of benzene rings is 1. The molecule has 1 N–H and O–H groups in total. The molecule has 1 aromatic carbocycles. The maximum atomic E-state index is 15.5. The van der Waals surface area contributed by atoms with Crippen LogP contribution in [0.1, 0.15) is 47.1 Å². The van der Waals surface area contributed by atoms with Crippen molar-refractivity contribution in [3.05, 3.63) is 35.6 Å². The smallest absolute Gasteiger partial charge is 0.345 e. The van der Waals surface area contributed by atoms with Gasteiger partial charge < -0.3 is 4.74 Å². The van der Waals surface area contributed by atoms with Crippen molar-refractivity contribution in [3.8, 4) is 0 Å². The highest BCUT2D eigenvalue weighted by atomic mass is 32.2. The van der Waals surface area contributed by atoms with E-state index < -0.39 is 38.7 Å². The summed E-state index contributed by atoms with van der Waals surface area (Å²) in [6, 6.07) is 5.51. The number of esters is 1. The molecule has 0 saturated heterocycles. The van der Waals surface area contributed by atoms with Gasteiger partial charge in [0.15, 0.2) is 0 Å². The first-order valence-corrected chi connectivity index (χ1v) is 8.83. The molecule has 0 amide bonds. The van der Waals surface area contributed by atoms with Gasteiger partial charge in [-0.3, -0.25) is 0 Å². The number of rotatable bonds is 6. The van der Waals surface area contributed by atoms with Crippen LogP contribution in [0.5, 0.6) is 0 Å². The van der Waals surface area contributed by atoms with Crippen LogP contribution in [0.15, 0.2) is 24.3 Å². The monoisotopic (exact) mass is 361 g/mol. The van der Waals surface area contributed by atoms with Gasteiger partial charge in [0.1, 0.15) is 11.4 Å². The highest BCUT2D eigenvalue weighted by Gasteiger charge is 2.56. The Bertz CT molecular complexity index is 629. The standard InChI is InChI=1S/C17H25F2NO3S/c1-7-23-14(21)16(5,19)17(6,20-24(22)15(2,3)4)12-10-8-9-11-13(12)18/h8-11,20H,7H2,1-6H3/t16-,17+,24-/m0/s1. The van der Waals surface area contributed by atoms with Gasteiger partial charge >= 0.3 is 5.97 Å². The Morgan fingerprint density at radius 1 is 1.21 bits per heavy atom. The van der Waals surface area contributed by atoms with Gasteiger partial charge in [-0.25, -0.2) is 22.5 Å². The molecule has 0 aliphatic rings. The minimum absolute atomic E-state index is 0.0198. The van der Waals surface area contributed by atoms with E-state index in [0.717, 1.165) is 13.0 Å². The lowest BCUT2D eigenvalue weighted by atomic mass is 9.78. The quantitative estimate of drug-likeness (QED) is 0.790. The van der Waals surface area contributed by atoms with Crippen LogP contribution < -0.4 is 4.72 Å². The lowest BCUT2D eigenvalue weighted by Crippen LogP contribution is -2.61. The van der Waals surface area contributed by atoms with Gasteiger partial charge in [-0.1, -0.05) is 18.2 Å². The van der Waals surface area contributed by atoms with Crippen LogP contribution in [-0.2, 0) is 26.1 Å². The van der Waals surface area contributed by atoms with Crippen molar-refractivity contribution in [2.24, 2.45) is 0 Å². The zero-order chi connectivity index (χ0) is 18.8. The maximum Gasteiger partial charge on any atom is 0.345 e. The van der Waals surface area contributed by atoms with Gasteiger partial charge in [-0.15, -0.1) is 0 Å². The van der Waals surface area contributed by atoms with Crippen molar-refractivity contribution in [2.45, 2.75) is 57.5 Å². The average Bonchev–Trinajstić information content (AvgIpc) is 2.46. The molecule has 0 unspecified atom stereocenters. The molecule has 3 atom stereocenters. The van der Waals surface area contributed by atoms with E-state index in [1.165, 1.54) is 25.1 Å². The molecule has 0 spiro atoms. The molecule has 0 aromatic heterocycles. The molecule has 0 saturated carbocycles. The topological polar surface area (TPSA) is 55.4 Å². The fourth-order valence-corrected chi connectivity index (χ4v) is 3.06. The van der Waals surface area contributed by atoms with E-state index in [0.29, 0.717) is 0 Å². The zero-order valence-electron chi connectivity index (χ0n) is 14.9. The Kier molecular flexibility index (Phi) is 6.27. The molecule has 0 radical (unpaired) electrons. The van der Waals surface area contributed by atoms with Gasteiger partial charge in [0.05, 0.1) is 22.3 Å². The van der Waals surface area contributed by atoms with Crippen molar-refractivity contribution in [3.63, 3.8) is 0 Å². The minimum atomic E-state index is -2.65. The average molecular weight is 361 g/mol. The second kappa shape index (κ2) is 7.27. The molecule has 0 aliphatic heterocycles. The lowest BCUT2D eigenvalue weighted by Gasteiger charge is -2.41. The van der Waals surface area contributed by atoms with Gasteiger partial charge in [0.2, 0.25) is 5.67 Å². The summed E-state index contributed by atoms with van der Waals surface area (Å²) in [5.41, 5.74) is -4.63. The molecule has 0 bridgehead atoms. The number of ether oxygens (including phenoxy) is 1. The number of hydrogen-bond acceptors (Lipinski definition) is 3. The first-order valence-electron chi connectivity index (χ1n) is 7.68. The van der Waals surface area contributed by atoms with E-state index in [1.807, 2.05) is 0 Å². The second-order valence-electron chi connectivity index (χ2n) is 6.81. The van der Waals surface area contributed by atoms with Gasteiger partial charge in [-0.05, 0) is 47.6 Å². The summed E-state index contributed by atoms with van der Waals surface area (Å²) >= 11 is 0. The third kappa shape index (κ3) is 4.00. The van der Waals surface area contributed by atoms with Crippen LogP contribution in [0.3, 0.4) is 0 Å². The zero-order valence-corrected chi connectivity index (χ0v) is 15.7. The van der Waals surface area contributed by atoms with Crippen molar-refractivity contribution in [1.82, 2.24) is 4.72 Å². The summed E-state index contributed by atoms with van der Waals surface area (Å²) in [5, 5.41) is 0. The molecule has 24 heavy (non-hydrogen) atoms. The number of alkyl halides is 1. The maximum absolute atomic E-state index is 15.5. The summed E-state index contributed by atoms with van der Waals surface area (Å²) in [6.45, 7) is 8.92. The van der Waals surface area contributed by atoms with Crippen molar-refractivity contribution in [1.29, 1.82) is 0 Å². The third-order valence-electron chi connectivity index (χ3n) is 3.86. The van der Waals surface area contributed by atoms with Gasteiger partial charge in [0.25, 0.3) is 0 Å². The third-order valence-corrected chi connectivity index (χ3v) is 5.57. The van der Waals surface area contributed by atoms with Crippen LogP contribution in [0, 0.1) is 5.82 Å². The molecule has 0 fully saturated rings. The summed E-state index contributed by atoms with van der Waals surface area (Å²) in [4.78, 5) is 12.2. The molecule has 1 rings (SSSR count). The molecular weight excluding hydrogens is 336 g/mol. The van der Waals surface area contributed by atoms with Crippen LogP contribution >= 0.6 is 0 Å².